The maximum Gasteiger partial charge on any atom is 0.336 e. The van der Waals surface area contributed by atoms with Crippen LogP contribution < -0.4 is 10.6 Å². The fraction of sp³-hybridized carbons (Fsp3) is 0.474. The third-order valence-electron chi connectivity index (χ3n) is 4.84. The summed E-state index contributed by atoms with van der Waals surface area (Å²) in [5.74, 6) is 0.329. The second-order valence-electron chi connectivity index (χ2n) is 6.69. The monoisotopic (exact) mass is 390 g/mol. The number of amides is 1. The quantitative estimate of drug-likeness (QED) is 0.767. The molecule has 2 atom stereocenters. The first-order valence-corrected chi connectivity index (χ1v) is 11.0. The molecular weight excluding hydrogens is 368 g/mol. The van der Waals surface area contributed by atoms with Crippen LogP contribution >= 0.6 is 23.5 Å². The molecule has 5 nitrogen and oxygen atoms in total. The van der Waals surface area contributed by atoms with E-state index in [1.165, 1.54) is 18.2 Å². The van der Waals surface area contributed by atoms with E-state index in [-0.39, 0.29) is 28.7 Å². The number of nitrogens with one attached hydrogen (secondary N) is 2. The molecule has 2 N–H and O–H groups in total. The fourth-order valence-electron chi connectivity index (χ4n) is 3.45. The Morgan fingerprint density at radius 1 is 1.15 bits per heavy atom. The number of anilines is 1. The number of esters is 1. The van der Waals surface area contributed by atoms with Crippen LogP contribution in [0.2, 0.25) is 0 Å². The van der Waals surface area contributed by atoms with Crippen molar-refractivity contribution in [2.24, 2.45) is 0 Å². The number of hydrogen-bond donors (Lipinski definition) is 2. The first-order chi connectivity index (χ1) is 12.7. The Morgan fingerprint density at radius 3 is 2.77 bits per heavy atom. The van der Waals surface area contributed by atoms with Gasteiger partial charge in [0.15, 0.2) is 5.37 Å². The van der Waals surface area contributed by atoms with Crippen molar-refractivity contribution in [3.63, 3.8) is 0 Å². The van der Waals surface area contributed by atoms with Crippen LogP contribution in [-0.4, -0.2) is 34.5 Å². The highest BCUT2D eigenvalue weighted by Gasteiger charge is 2.34. The molecule has 1 amide bonds. The summed E-state index contributed by atoms with van der Waals surface area (Å²) < 4.78 is 5.67. The summed E-state index contributed by atoms with van der Waals surface area (Å²) in [6, 6.07) is 7.87. The van der Waals surface area contributed by atoms with Crippen LogP contribution in [0.5, 0.6) is 0 Å². The zero-order chi connectivity index (χ0) is 17.9. The van der Waals surface area contributed by atoms with E-state index in [2.05, 4.69) is 10.6 Å². The summed E-state index contributed by atoms with van der Waals surface area (Å²) in [5, 5.41) is 5.52. The Kier molecular flexibility index (Phi) is 5.45. The summed E-state index contributed by atoms with van der Waals surface area (Å²) in [6.07, 6.45) is 7.27. The molecule has 0 saturated heterocycles. The maximum absolute atomic E-state index is 12.6. The van der Waals surface area contributed by atoms with Gasteiger partial charge in [0.25, 0.3) is 5.91 Å². The predicted octanol–water partition coefficient (Wildman–Crippen LogP) is 3.52. The lowest BCUT2D eigenvalue weighted by Crippen LogP contribution is -2.42. The number of benzene rings is 1. The molecule has 4 rings (SSSR count). The lowest BCUT2D eigenvalue weighted by Gasteiger charge is -2.24. The molecule has 2 unspecified atom stereocenters. The van der Waals surface area contributed by atoms with Crippen LogP contribution in [0.1, 0.15) is 32.1 Å². The number of carbonyl (C=O) groups is 2. The van der Waals surface area contributed by atoms with E-state index in [4.69, 9.17) is 4.74 Å². The summed E-state index contributed by atoms with van der Waals surface area (Å²) >= 11 is 3.05. The minimum Gasteiger partial charge on any atom is -0.459 e. The number of ether oxygens (including phenoxy) is 1. The van der Waals surface area contributed by atoms with Gasteiger partial charge in [0.1, 0.15) is 11.5 Å². The molecule has 1 fully saturated rings. The molecular formula is C19H22N2O3S2. The van der Waals surface area contributed by atoms with Crippen LogP contribution in [0, 0.1) is 0 Å². The van der Waals surface area contributed by atoms with Crippen LogP contribution in [-0.2, 0) is 14.3 Å². The Hall–Kier alpha value is -1.60. The van der Waals surface area contributed by atoms with E-state index in [1.54, 1.807) is 11.8 Å². The van der Waals surface area contributed by atoms with Crippen molar-refractivity contribution in [3.05, 3.63) is 35.9 Å². The smallest absolute Gasteiger partial charge is 0.336 e. The highest BCUT2D eigenvalue weighted by molar-refractivity contribution is 8.01. The molecule has 7 heteroatoms. The first kappa shape index (κ1) is 17.8. The summed E-state index contributed by atoms with van der Waals surface area (Å²) in [6.45, 7) is 0. The molecule has 0 radical (unpaired) electrons. The molecule has 1 aromatic rings. The molecule has 0 bridgehead atoms. The highest BCUT2D eigenvalue weighted by atomic mass is 32.2. The van der Waals surface area contributed by atoms with Crippen molar-refractivity contribution < 1.29 is 14.3 Å². The molecule has 1 aliphatic carbocycles. The number of rotatable bonds is 4. The van der Waals surface area contributed by atoms with Crippen LogP contribution in [0.15, 0.2) is 40.8 Å². The molecule has 3 aliphatic rings. The summed E-state index contributed by atoms with van der Waals surface area (Å²) in [7, 11) is 0. The SMILES string of the molecule is O=C(OC1CCCCC1)C1=CCSC1NC(=O)C1Nc2ccccc2S1. The van der Waals surface area contributed by atoms with Crippen molar-refractivity contribution in [2.45, 2.75) is 53.9 Å². The third-order valence-corrected chi connectivity index (χ3v) is 7.08. The van der Waals surface area contributed by atoms with E-state index in [1.807, 2.05) is 30.3 Å². The average molecular weight is 391 g/mol. The van der Waals surface area contributed by atoms with Gasteiger partial charge in [-0.25, -0.2) is 4.79 Å². The lowest BCUT2D eigenvalue weighted by atomic mass is 9.98. The first-order valence-electron chi connectivity index (χ1n) is 9.06. The number of carbonyl (C=O) groups excluding carboxylic acids is 2. The molecule has 138 valence electrons. The second-order valence-corrected chi connectivity index (χ2v) is 8.97. The zero-order valence-corrected chi connectivity index (χ0v) is 16.0. The number of para-hydroxylation sites is 1. The van der Waals surface area contributed by atoms with Gasteiger partial charge < -0.3 is 15.4 Å². The molecule has 0 spiro atoms. The Bertz CT molecular complexity index is 706. The molecule has 26 heavy (non-hydrogen) atoms. The molecule has 1 aromatic carbocycles. The standard InChI is InChI=1S/C19H22N2O3S2/c22-16(18-20-14-8-4-5-9-15(14)26-18)21-17-13(10-11-25-17)19(23)24-12-6-2-1-3-7-12/h4-5,8-10,12,17-18,20H,1-3,6-7,11H2,(H,21,22). The number of thioether (sulfide) groups is 2. The average Bonchev–Trinajstić information content (AvgIpc) is 3.29. The fourth-order valence-corrected chi connectivity index (χ4v) is 5.52. The van der Waals surface area contributed by atoms with Gasteiger partial charge >= 0.3 is 5.97 Å². The predicted molar refractivity (Wildman–Crippen MR) is 105 cm³/mol. The largest absolute Gasteiger partial charge is 0.459 e. The van der Waals surface area contributed by atoms with Crippen molar-refractivity contribution >= 4 is 41.1 Å². The van der Waals surface area contributed by atoms with Crippen molar-refractivity contribution in [1.29, 1.82) is 0 Å². The van der Waals surface area contributed by atoms with Crippen molar-refractivity contribution in [3.8, 4) is 0 Å². The summed E-state index contributed by atoms with van der Waals surface area (Å²) in [5.41, 5.74) is 1.55. The number of fused-ring (bicyclic) bond motifs is 1. The van der Waals surface area contributed by atoms with Gasteiger partial charge in [0.2, 0.25) is 0 Å². The van der Waals surface area contributed by atoms with Crippen LogP contribution in [0.4, 0.5) is 5.69 Å². The van der Waals surface area contributed by atoms with Crippen molar-refractivity contribution in [1.82, 2.24) is 5.32 Å². The van der Waals surface area contributed by atoms with Gasteiger partial charge in [-0.2, -0.15) is 0 Å². The zero-order valence-electron chi connectivity index (χ0n) is 14.4. The van der Waals surface area contributed by atoms with Gasteiger partial charge in [-0.1, -0.05) is 36.4 Å². The molecule has 2 aliphatic heterocycles. The van der Waals surface area contributed by atoms with E-state index in [9.17, 15) is 9.59 Å². The highest BCUT2D eigenvalue weighted by Crippen LogP contribution is 2.38. The number of hydrogen-bond acceptors (Lipinski definition) is 6. The van der Waals surface area contributed by atoms with Gasteiger partial charge in [0, 0.05) is 16.3 Å². The van der Waals surface area contributed by atoms with E-state index >= 15 is 0 Å². The van der Waals surface area contributed by atoms with Crippen LogP contribution in [0.3, 0.4) is 0 Å². The molecule has 0 aromatic heterocycles. The lowest BCUT2D eigenvalue weighted by molar-refractivity contribution is -0.145. The van der Waals surface area contributed by atoms with Gasteiger partial charge in [-0.05, 0) is 37.8 Å². The van der Waals surface area contributed by atoms with Gasteiger partial charge in [-0.3, -0.25) is 4.79 Å². The van der Waals surface area contributed by atoms with E-state index in [0.29, 0.717) is 11.3 Å². The Balaban J connectivity index is 1.33. The normalized spacial score (nSPS) is 25.2. The van der Waals surface area contributed by atoms with Gasteiger partial charge in [-0.15, -0.1) is 11.8 Å². The second kappa shape index (κ2) is 7.96. The minimum atomic E-state index is -0.371. The Morgan fingerprint density at radius 2 is 1.96 bits per heavy atom. The summed E-state index contributed by atoms with van der Waals surface area (Å²) in [4.78, 5) is 26.2. The molecule has 1 saturated carbocycles. The van der Waals surface area contributed by atoms with Crippen LogP contribution in [0.25, 0.3) is 0 Å². The molecule has 2 heterocycles. The van der Waals surface area contributed by atoms with E-state index in [0.717, 1.165) is 36.3 Å². The van der Waals surface area contributed by atoms with Gasteiger partial charge in [0.05, 0.1) is 5.57 Å². The van der Waals surface area contributed by atoms with E-state index < -0.39 is 0 Å². The maximum atomic E-state index is 12.6. The third kappa shape index (κ3) is 3.88. The van der Waals surface area contributed by atoms with Crippen molar-refractivity contribution in [2.75, 3.05) is 11.1 Å². The minimum absolute atomic E-state index is 0.0284. The topological polar surface area (TPSA) is 67.4 Å². The Labute approximate surface area is 161 Å².